The predicted octanol–water partition coefficient (Wildman–Crippen LogP) is 1.82. The second-order valence-electron chi connectivity index (χ2n) is 3.89. The summed E-state index contributed by atoms with van der Waals surface area (Å²) in [6, 6.07) is 7.93. The molecule has 0 aliphatic rings. The molecule has 17 heavy (non-hydrogen) atoms. The topological polar surface area (TPSA) is 39.1 Å². The molecule has 0 amide bonds. The molecule has 0 atom stereocenters. The van der Waals surface area contributed by atoms with Crippen LogP contribution in [0.1, 0.15) is 5.69 Å². The number of rotatable bonds is 4. The molecule has 0 fully saturated rings. The second-order valence-corrected chi connectivity index (χ2v) is 3.89. The largest absolute Gasteiger partial charge is 0.497 e. The number of benzene rings is 1. The lowest BCUT2D eigenvalue weighted by molar-refractivity contribution is 0.415. The van der Waals surface area contributed by atoms with Gasteiger partial charge in [-0.2, -0.15) is 0 Å². The second kappa shape index (κ2) is 5.01. The standard InChI is InChI=1S/C13H17N3O/c1-14-8-11-9-15-13(16(11)2)10-4-6-12(17-3)7-5-10/h4-7,9,14H,8H2,1-3H3. The van der Waals surface area contributed by atoms with E-state index in [9.17, 15) is 0 Å². The third-order valence-electron chi connectivity index (χ3n) is 2.79. The Hall–Kier alpha value is -1.81. The maximum atomic E-state index is 5.14. The number of nitrogens with one attached hydrogen (secondary N) is 1. The van der Waals surface area contributed by atoms with Crippen LogP contribution in [0.4, 0.5) is 0 Å². The predicted molar refractivity (Wildman–Crippen MR) is 68.0 cm³/mol. The fourth-order valence-corrected chi connectivity index (χ4v) is 1.80. The minimum Gasteiger partial charge on any atom is -0.497 e. The highest BCUT2D eigenvalue weighted by Crippen LogP contribution is 2.21. The van der Waals surface area contributed by atoms with Crippen molar-refractivity contribution >= 4 is 0 Å². The monoisotopic (exact) mass is 231 g/mol. The molecular weight excluding hydrogens is 214 g/mol. The van der Waals surface area contributed by atoms with Gasteiger partial charge in [0.2, 0.25) is 0 Å². The van der Waals surface area contributed by atoms with Crippen LogP contribution in [0.15, 0.2) is 30.5 Å². The first-order valence-corrected chi connectivity index (χ1v) is 5.56. The molecular formula is C13H17N3O. The Kier molecular flexibility index (Phi) is 3.44. The number of ether oxygens (including phenoxy) is 1. The Bertz CT molecular complexity index is 488. The molecule has 0 saturated heterocycles. The van der Waals surface area contributed by atoms with E-state index in [1.807, 2.05) is 44.6 Å². The smallest absolute Gasteiger partial charge is 0.139 e. The molecule has 0 aliphatic carbocycles. The molecule has 0 spiro atoms. The van der Waals surface area contributed by atoms with Crippen LogP contribution in [0.2, 0.25) is 0 Å². The van der Waals surface area contributed by atoms with E-state index in [1.165, 1.54) is 5.69 Å². The van der Waals surface area contributed by atoms with E-state index in [4.69, 9.17) is 4.74 Å². The van der Waals surface area contributed by atoms with Crippen LogP contribution in [0, 0.1) is 0 Å². The zero-order chi connectivity index (χ0) is 12.3. The quantitative estimate of drug-likeness (QED) is 0.872. The minimum atomic E-state index is 0.819. The lowest BCUT2D eigenvalue weighted by atomic mass is 10.2. The van der Waals surface area contributed by atoms with Gasteiger partial charge in [0.05, 0.1) is 19.0 Å². The molecule has 0 aliphatic heterocycles. The highest BCUT2D eigenvalue weighted by atomic mass is 16.5. The Morgan fingerprint density at radius 1 is 1.29 bits per heavy atom. The number of methoxy groups -OCH3 is 1. The lowest BCUT2D eigenvalue weighted by Gasteiger charge is -2.06. The summed E-state index contributed by atoms with van der Waals surface area (Å²) in [6.45, 7) is 0.819. The highest BCUT2D eigenvalue weighted by Gasteiger charge is 2.07. The molecule has 0 radical (unpaired) electrons. The van der Waals surface area contributed by atoms with E-state index in [0.717, 1.165) is 23.7 Å². The van der Waals surface area contributed by atoms with Gasteiger partial charge in [-0.3, -0.25) is 0 Å². The number of imidazole rings is 1. The van der Waals surface area contributed by atoms with E-state index in [-0.39, 0.29) is 0 Å². The van der Waals surface area contributed by atoms with Gasteiger partial charge in [0.25, 0.3) is 0 Å². The van der Waals surface area contributed by atoms with E-state index in [1.54, 1.807) is 7.11 Å². The van der Waals surface area contributed by atoms with Crippen LogP contribution < -0.4 is 10.1 Å². The van der Waals surface area contributed by atoms with Crippen molar-refractivity contribution in [2.75, 3.05) is 14.2 Å². The van der Waals surface area contributed by atoms with Crippen molar-refractivity contribution in [2.45, 2.75) is 6.54 Å². The maximum absolute atomic E-state index is 5.14. The molecule has 4 nitrogen and oxygen atoms in total. The molecule has 1 N–H and O–H groups in total. The van der Waals surface area contributed by atoms with Crippen LogP contribution in [-0.2, 0) is 13.6 Å². The molecule has 1 aromatic heterocycles. The van der Waals surface area contributed by atoms with Crippen molar-refractivity contribution in [3.63, 3.8) is 0 Å². The molecule has 2 rings (SSSR count). The van der Waals surface area contributed by atoms with Crippen LogP contribution in [-0.4, -0.2) is 23.7 Å². The van der Waals surface area contributed by atoms with Gasteiger partial charge >= 0.3 is 0 Å². The van der Waals surface area contributed by atoms with Crippen molar-refractivity contribution in [1.82, 2.24) is 14.9 Å². The van der Waals surface area contributed by atoms with Gasteiger partial charge in [-0.1, -0.05) is 0 Å². The van der Waals surface area contributed by atoms with Crippen LogP contribution in [0.5, 0.6) is 5.75 Å². The summed E-state index contributed by atoms with van der Waals surface area (Å²) >= 11 is 0. The summed E-state index contributed by atoms with van der Waals surface area (Å²) in [4.78, 5) is 4.44. The fourth-order valence-electron chi connectivity index (χ4n) is 1.80. The molecule has 1 aromatic carbocycles. The van der Waals surface area contributed by atoms with Crippen molar-refractivity contribution in [1.29, 1.82) is 0 Å². The fraction of sp³-hybridized carbons (Fsp3) is 0.308. The average molecular weight is 231 g/mol. The first-order chi connectivity index (χ1) is 8.26. The molecule has 2 aromatic rings. The van der Waals surface area contributed by atoms with E-state index in [0.29, 0.717) is 0 Å². The first kappa shape index (κ1) is 11.7. The van der Waals surface area contributed by atoms with Gasteiger partial charge in [0, 0.05) is 19.2 Å². The number of hydrogen-bond acceptors (Lipinski definition) is 3. The summed E-state index contributed by atoms with van der Waals surface area (Å²) in [5.74, 6) is 1.83. The molecule has 90 valence electrons. The van der Waals surface area contributed by atoms with Crippen LogP contribution in [0.3, 0.4) is 0 Å². The van der Waals surface area contributed by atoms with Gasteiger partial charge < -0.3 is 14.6 Å². The Balaban J connectivity index is 2.32. The zero-order valence-electron chi connectivity index (χ0n) is 10.4. The van der Waals surface area contributed by atoms with Crippen molar-refractivity contribution in [3.8, 4) is 17.1 Å². The SMILES string of the molecule is CNCc1cnc(-c2ccc(OC)cc2)n1C. The Labute approximate surface area is 101 Å². The molecule has 1 heterocycles. The Morgan fingerprint density at radius 2 is 2.00 bits per heavy atom. The van der Waals surface area contributed by atoms with Gasteiger partial charge in [0.15, 0.2) is 0 Å². The Morgan fingerprint density at radius 3 is 2.59 bits per heavy atom. The van der Waals surface area contributed by atoms with Gasteiger partial charge in [-0.05, 0) is 31.3 Å². The van der Waals surface area contributed by atoms with Crippen LogP contribution in [0.25, 0.3) is 11.4 Å². The minimum absolute atomic E-state index is 0.819. The van der Waals surface area contributed by atoms with Crippen molar-refractivity contribution < 1.29 is 4.74 Å². The van der Waals surface area contributed by atoms with E-state index < -0.39 is 0 Å². The van der Waals surface area contributed by atoms with Gasteiger partial charge in [0.1, 0.15) is 11.6 Å². The zero-order valence-corrected chi connectivity index (χ0v) is 10.4. The van der Waals surface area contributed by atoms with Gasteiger partial charge in [-0.25, -0.2) is 4.98 Å². The molecule has 4 heteroatoms. The van der Waals surface area contributed by atoms with Crippen molar-refractivity contribution in [3.05, 3.63) is 36.2 Å². The molecule has 0 saturated carbocycles. The summed E-state index contributed by atoms with van der Waals surface area (Å²) in [6.07, 6.45) is 1.90. The maximum Gasteiger partial charge on any atom is 0.139 e. The van der Waals surface area contributed by atoms with E-state index in [2.05, 4.69) is 14.9 Å². The summed E-state index contributed by atoms with van der Waals surface area (Å²) in [7, 11) is 5.63. The summed E-state index contributed by atoms with van der Waals surface area (Å²) in [5.41, 5.74) is 2.26. The summed E-state index contributed by atoms with van der Waals surface area (Å²) < 4.78 is 7.24. The van der Waals surface area contributed by atoms with E-state index >= 15 is 0 Å². The normalized spacial score (nSPS) is 10.5. The molecule has 0 bridgehead atoms. The third kappa shape index (κ3) is 2.31. The number of aromatic nitrogens is 2. The number of hydrogen-bond donors (Lipinski definition) is 1. The van der Waals surface area contributed by atoms with Crippen molar-refractivity contribution in [2.24, 2.45) is 7.05 Å². The number of nitrogens with zero attached hydrogens (tertiary/aromatic N) is 2. The third-order valence-corrected chi connectivity index (χ3v) is 2.79. The highest BCUT2D eigenvalue weighted by molar-refractivity contribution is 5.57. The first-order valence-electron chi connectivity index (χ1n) is 5.56. The average Bonchev–Trinajstić information content (AvgIpc) is 2.72. The van der Waals surface area contributed by atoms with Crippen LogP contribution >= 0.6 is 0 Å². The molecule has 0 unspecified atom stereocenters. The lowest BCUT2D eigenvalue weighted by Crippen LogP contribution is -2.09. The summed E-state index contributed by atoms with van der Waals surface area (Å²) in [5, 5.41) is 3.13. The van der Waals surface area contributed by atoms with Gasteiger partial charge in [-0.15, -0.1) is 0 Å².